The Balaban J connectivity index is 2.16. The number of aliphatic carboxylic acids is 1. The molecule has 94 valence electrons. The van der Waals surface area contributed by atoms with Gasteiger partial charge in [0.15, 0.2) is 0 Å². The Morgan fingerprint density at radius 2 is 2.06 bits per heavy atom. The van der Waals surface area contributed by atoms with Crippen LogP contribution in [0.4, 0.5) is 0 Å². The maximum Gasteiger partial charge on any atom is 0.314 e. The zero-order valence-corrected chi connectivity index (χ0v) is 11.4. The van der Waals surface area contributed by atoms with Crippen LogP contribution in [0.15, 0.2) is 18.2 Å². The summed E-state index contributed by atoms with van der Waals surface area (Å²) in [5, 5.41) is 10.7. The van der Waals surface area contributed by atoms with E-state index in [1.54, 1.807) is 11.3 Å². The Kier molecular flexibility index (Phi) is 2.49. The van der Waals surface area contributed by atoms with E-state index in [0.717, 1.165) is 24.8 Å². The Hall–Kier alpha value is -1.35. The minimum Gasteiger partial charge on any atom is -0.481 e. The van der Waals surface area contributed by atoms with Crippen molar-refractivity contribution in [1.29, 1.82) is 0 Å². The van der Waals surface area contributed by atoms with E-state index in [9.17, 15) is 9.90 Å². The lowest BCUT2D eigenvalue weighted by molar-refractivity contribution is -0.147. The first-order valence-corrected chi connectivity index (χ1v) is 7.10. The number of rotatable bonds is 2. The van der Waals surface area contributed by atoms with Gasteiger partial charge in [-0.3, -0.25) is 4.79 Å². The molecule has 1 fully saturated rings. The molecule has 0 aliphatic heterocycles. The summed E-state index contributed by atoms with van der Waals surface area (Å²) in [6, 6.07) is 6.19. The predicted molar refractivity (Wildman–Crippen MR) is 74.5 cm³/mol. The van der Waals surface area contributed by atoms with Crippen molar-refractivity contribution in [3.63, 3.8) is 0 Å². The average molecular weight is 260 g/mol. The highest BCUT2D eigenvalue weighted by molar-refractivity contribution is 7.19. The van der Waals surface area contributed by atoms with E-state index in [4.69, 9.17) is 0 Å². The van der Waals surface area contributed by atoms with Crippen LogP contribution < -0.4 is 0 Å². The molecule has 0 bridgehead atoms. The highest BCUT2D eigenvalue weighted by Crippen LogP contribution is 2.45. The molecule has 3 rings (SSSR count). The highest BCUT2D eigenvalue weighted by atomic mass is 32.1. The number of carboxylic acids is 1. The third-order valence-electron chi connectivity index (χ3n) is 4.35. The van der Waals surface area contributed by atoms with Crippen molar-refractivity contribution in [2.75, 3.05) is 0 Å². The largest absolute Gasteiger partial charge is 0.481 e. The summed E-state index contributed by atoms with van der Waals surface area (Å²) in [5.74, 6) is -0.668. The number of fused-ring (bicyclic) bond motifs is 1. The van der Waals surface area contributed by atoms with Gasteiger partial charge in [0.05, 0.1) is 5.41 Å². The van der Waals surface area contributed by atoms with E-state index < -0.39 is 11.4 Å². The Morgan fingerprint density at radius 3 is 2.61 bits per heavy atom. The van der Waals surface area contributed by atoms with Gasteiger partial charge in [-0.05, 0) is 49.3 Å². The first-order chi connectivity index (χ1) is 8.54. The molecule has 1 heterocycles. The quantitative estimate of drug-likeness (QED) is 0.885. The molecule has 2 aromatic rings. The molecule has 1 N–H and O–H groups in total. The number of carbonyl (C=O) groups is 1. The van der Waals surface area contributed by atoms with Crippen LogP contribution in [0.25, 0.3) is 10.1 Å². The number of aryl methyl sites for hydroxylation is 2. The van der Waals surface area contributed by atoms with Gasteiger partial charge in [0.1, 0.15) is 0 Å². The zero-order chi connectivity index (χ0) is 12.9. The van der Waals surface area contributed by atoms with E-state index in [1.807, 2.05) is 6.07 Å². The van der Waals surface area contributed by atoms with E-state index in [2.05, 4.69) is 26.0 Å². The molecule has 3 heteroatoms. The zero-order valence-electron chi connectivity index (χ0n) is 10.6. The van der Waals surface area contributed by atoms with Gasteiger partial charge in [0.25, 0.3) is 0 Å². The summed E-state index contributed by atoms with van der Waals surface area (Å²) >= 11 is 1.76. The van der Waals surface area contributed by atoms with Crippen molar-refractivity contribution >= 4 is 27.4 Å². The molecule has 1 aromatic carbocycles. The third-order valence-corrected chi connectivity index (χ3v) is 5.52. The van der Waals surface area contributed by atoms with Crippen LogP contribution in [-0.4, -0.2) is 11.1 Å². The van der Waals surface area contributed by atoms with E-state index in [0.29, 0.717) is 0 Å². The van der Waals surface area contributed by atoms with Crippen molar-refractivity contribution in [2.45, 2.75) is 38.5 Å². The number of hydrogen-bond acceptors (Lipinski definition) is 2. The molecule has 18 heavy (non-hydrogen) atoms. The maximum absolute atomic E-state index is 11.5. The summed E-state index contributed by atoms with van der Waals surface area (Å²) in [7, 11) is 0. The second kappa shape index (κ2) is 3.82. The fourth-order valence-corrected chi connectivity index (χ4v) is 3.91. The molecule has 0 saturated heterocycles. The van der Waals surface area contributed by atoms with E-state index in [1.165, 1.54) is 20.5 Å². The second-order valence-corrected chi connectivity index (χ2v) is 6.49. The predicted octanol–water partition coefficient (Wildman–Crippen LogP) is 4.02. The number of hydrogen-bond donors (Lipinski definition) is 1. The van der Waals surface area contributed by atoms with Crippen LogP contribution in [-0.2, 0) is 10.2 Å². The first kappa shape index (κ1) is 11.7. The highest BCUT2D eigenvalue weighted by Gasteiger charge is 2.45. The maximum atomic E-state index is 11.5. The van der Waals surface area contributed by atoms with Gasteiger partial charge < -0.3 is 5.11 Å². The SMILES string of the molecule is Cc1sc2cc(C3(C(=O)O)CCC3)ccc2c1C. The summed E-state index contributed by atoms with van der Waals surface area (Å²) in [6.07, 6.45) is 2.57. The third kappa shape index (κ3) is 1.43. The molecule has 1 aliphatic carbocycles. The summed E-state index contributed by atoms with van der Waals surface area (Å²) in [6.45, 7) is 4.25. The van der Waals surface area contributed by atoms with Crippen molar-refractivity contribution in [3.05, 3.63) is 34.2 Å². The molecule has 0 spiro atoms. The second-order valence-electron chi connectivity index (χ2n) is 5.23. The molecule has 1 saturated carbocycles. The fraction of sp³-hybridized carbons (Fsp3) is 0.400. The number of benzene rings is 1. The molecule has 1 aliphatic rings. The number of carboxylic acid groups (broad SMARTS) is 1. The van der Waals surface area contributed by atoms with Crippen LogP contribution in [0.3, 0.4) is 0 Å². The van der Waals surface area contributed by atoms with Crippen molar-refractivity contribution in [1.82, 2.24) is 0 Å². The van der Waals surface area contributed by atoms with Gasteiger partial charge in [0, 0.05) is 9.58 Å². The monoisotopic (exact) mass is 260 g/mol. The van der Waals surface area contributed by atoms with Gasteiger partial charge in [-0.25, -0.2) is 0 Å². The lowest BCUT2D eigenvalue weighted by Gasteiger charge is -2.38. The minimum absolute atomic E-state index is 0.611. The molecule has 1 aromatic heterocycles. The molecule has 2 nitrogen and oxygen atoms in total. The van der Waals surface area contributed by atoms with Gasteiger partial charge in [0.2, 0.25) is 0 Å². The van der Waals surface area contributed by atoms with Crippen molar-refractivity contribution in [3.8, 4) is 0 Å². The van der Waals surface area contributed by atoms with E-state index >= 15 is 0 Å². The molecular formula is C15H16O2S. The molecule has 0 unspecified atom stereocenters. The van der Waals surface area contributed by atoms with Gasteiger partial charge in [-0.15, -0.1) is 11.3 Å². The van der Waals surface area contributed by atoms with Crippen LogP contribution in [0.2, 0.25) is 0 Å². The summed E-state index contributed by atoms with van der Waals surface area (Å²) in [5.41, 5.74) is 1.69. The standard InChI is InChI=1S/C15H16O2S/c1-9-10(2)18-13-8-11(4-5-12(9)13)15(14(16)17)6-3-7-15/h4-5,8H,3,6-7H2,1-2H3,(H,16,17). The Labute approximate surface area is 110 Å². The van der Waals surface area contributed by atoms with Gasteiger partial charge >= 0.3 is 5.97 Å². The van der Waals surface area contributed by atoms with Crippen LogP contribution in [0.1, 0.15) is 35.3 Å². The van der Waals surface area contributed by atoms with E-state index in [-0.39, 0.29) is 0 Å². The summed E-state index contributed by atoms with van der Waals surface area (Å²) in [4.78, 5) is 12.8. The normalized spacial score (nSPS) is 17.7. The first-order valence-electron chi connectivity index (χ1n) is 6.28. The Bertz CT molecular complexity index is 635. The van der Waals surface area contributed by atoms with Crippen molar-refractivity contribution < 1.29 is 9.90 Å². The molecule has 0 radical (unpaired) electrons. The average Bonchev–Trinajstić information content (AvgIpc) is 2.52. The lowest BCUT2D eigenvalue weighted by atomic mass is 9.64. The van der Waals surface area contributed by atoms with Crippen LogP contribution in [0, 0.1) is 13.8 Å². The molecule has 0 atom stereocenters. The van der Waals surface area contributed by atoms with Crippen LogP contribution >= 0.6 is 11.3 Å². The number of thiophene rings is 1. The van der Waals surface area contributed by atoms with Gasteiger partial charge in [-0.1, -0.05) is 18.6 Å². The lowest BCUT2D eigenvalue weighted by Crippen LogP contribution is -2.42. The molecule has 0 amide bonds. The van der Waals surface area contributed by atoms with Gasteiger partial charge in [-0.2, -0.15) is 0 Å². The van der Waals surface area contributed by atoms with Crippen molar-refractivity contribution in [2.24, 2.45) is 0 Å². The van der Waals surface area contributed by atoms with Crippen LogP contribution in [0.5, 0.6) is 0 Å². The minimum atomic E-state index is -0.668. The topological polar surface area (TPSA) is 37.3 Å². The molecular weight excluding hydrogens is 244 g/mol. The Morgan fingerprint density at radius 1 is 1.33 bits per heavy atom. The smallest absolute Gasteiger partial charge is 0.314 e. The fourth-order valence-electron chi connectivity index (χ4n) is 2.80. The summed E-state index contributed by atoms with van der Waals surface area (Å²) < 4.78 is 1.22.